The van der Waals surface area contributed by atoms with E-state index in [1.54, 1.807) is 7.05 Å². The minimum atomic E-state index is -1.14. The molecule has 0 bridgehead atoms. The number of aromatic nitrogens is 2. The fraction of sp³-hybridized carbons (Fsp3) is 0.154. The van der Waals surface area contributed by atoms with Crippen LogP contribution >= 0.6 is 0 Å². The number of carboxylic acid groups (broad SMARTS) is 1. The van der Waals surface area contributed by atoms with Crippen LogP contribution in [0.3, 0.4) is 0 Å². The quantitative estimate of drug-likeness (QED) is 0.874. The van der Waals surface area contributed by atoms with Gasteiger partial charge in [-0.3, -0.25) is 4.68 Å². The standard InChI is InChI=1S/C13H11N3O4/c1-16-10(5-9(15-16)13(18)19)7-3-8(6-14)12(17)11(4-7)20-2/h3-5,17H,1-2H3,(H,18,19). The number of aromatic carboxylic acids is 1. The number of phenols is 1. The number of ether oxygens (including phenoxy) is 1. The zero-order valence-electron chi connectivity index (χ0n) is 10.8. The molecule has 2 rings (SSSR count). The molecule has 0 saturated heterocycles. The number of carboxylic acids is 1. The maximum Gasteiger partial charge on any atom is 0.356 e. The first-order chi connectivity index (χ1) is 9.47. The molecule has 0 spiro atoms. The van der Waals surface area contributed by atoms with Crippen molar-refractivity contribution in [1.82, 2.24) is 9.78 Å². The Bertz CT molecular complexity index is 728. The lowest BCUT2D eigenvalue weighted by Crippen LogP contribution is -1.99. The van der Waals surface area contributed by atoms with Crippen LogP contribution in [0.5, 0.6) is 11.5 Å². The molecule has 0 saturated carbocycles. The van der Waals surface area contributed by atoms with Crippen molar-refractivity contribution in [3.63, 3.8) is 0 Å². The Balaban J connectivity index is 2.64. The smallest absolute Gasteiger partial charge is 0.356 e. The highest BCUT2D eigenvalue weighted by atomic mass is 16.5. The number of hydrogen-bond acceptors (Lipinski definition) is 5. The van der Waals surface area contributed by atoms with Gasteiger partial charge in [-0.2, -0.15) is 10.4 Å². The van der Waals surface area contributed by atoms with E-state index in [4.69, 9.17) is 15.1 Å². The van der Waals surface area contributed by atoms with Crippen LogP contribution in [0.1, 0.15) is 16.1 Å². The SMILES string of the molecule is COc1cc(-c2cc(C(=O)O)nn2C)cc(C#N)c1O. The molecule has 0 aliphatic rings. The van der Waals surface area contributed by atoms with Gasteiger partial charge in [0.2, 0.25) is 0 Å². The second-order valence-corrected chi connectivity index (χ2v) is 4.03. The van der Waals surface area contributed by atoms with Gasteiger partial charge in [-0.15, -0.1) is 0 Å². The Morgan fingerprint density at radius 2 is 2.15 bits per heavy atom. The molecule has 0 amide bonds. The fourth-order valence-electron chi connectivity index (χ4n) is 1.84. The maximum absolute atomic E-state index is 10.9. The third-order valence-electron chi connectivity index (χ3n) is 2.81. The van der Waals surface area contributed by atoms with Gasteiger partial charge in [-0.05, 0) is 18.2 Å². The van der Waals surface area contributed by atoms with Crippen molar-refractivity contribution in [2.24, 2.45) is 7.05 Å². The second-order valence-electron chi connectivity index (χ2n) is 4.03. The zero-order valence-corrected chi connectivity index (χ0v) is 10.8. The molecule has 1 heterocycles. The number of methoxy groups -OCH3 is 1. The number of benzene rings is 1. The van der Waals surface area contributed by atoms with Gasteiger partial charge in [-0.25, -0.2) is 4.79 Å². The molecule has 0 radical (unpaired) electrons. The van der Waals surface area contributed by atoms with Crippen LogP contribution in [0, 0.1) is 11.3 Å². The summed E-state index contributed by atoms with van der Waals surface area (Å²) in [4.78, 5) is 10.9. The van der Waals surface area contributed by atoms with Crippen molar-refractivity contribution >= 4 is 5.97 Å². The number of rotatable bonds is 3. The van der Waals surface area contributed by atoms with Crippen molar-refractivity contribution in [2.45, 2.75) is 0 Å². The number of phenolic OH excluding ortho intramolecular Hbond substituents is 1. The molecule has 7 nitrogen and oxygen atoms in total. The summed E-state index contributed by atoms with van der Waals surface area (Å²) < 4.78 is 6.38. The second kappa shape index (κ2) is 4.93. The summed E-state index contributed by atoms with van der Waals surface area (Å²) in [5, 5.41) is 31.5. The number of carbonyl (C=O) groups is 1. The molecule has 0 unspecified atom stereocenters. The van der Waals surface area contributed by atoms with Crippen LogP contribution in [-0.2, 0) is 7.05 Å². The van der Waals surface area contributed by atoms with E-state index in [2.05, 4.69) is 5.10 Å². The molecule has 2 aromatic rings. The van der Waals surface area contributed by atoms with E-state index in [0.29, 0.717) is 11.3 Å². The summed E-state index contributed by atoms with van der Waals surface area (Å²) in [7, 11) is 2.96. The molecular weight excluding hydrogens is 262 g/mol. The van der Waals surface area contributed by atoms with Gasteiger partial charge in [0.1, 0.15) is 6.07 Å². The molecule has 102 valence electrons. The van der Waals surface area contributed by atoms with Gasteiger partial charge >= 0.3 is 5.97 Å². The van der Waals surface area contributed by atoms with E-state index in [-0.39, 0.29) is 22.8 Å². The van der Waals surface area contributed by atoms with Crippen molar-refractivity contribution in [3.8, 4) is 28.8 Å². The molecule has 7 heteroatoms. The van der Waals surface area contributed by atoms with Crippen LogP contribution in [0.4, 0.5) is 0 Å². The molecule has 0 atom stereocenters. The minimum absolute atomic E-state index is 0.0393. The van der Waals surface area contributed by atoms with Crippen molar-refractivity contribution in [3.05, 3.63) is 29.5 Å². The fourth-order valence-corrected chi connectivity index (χ4v) is 1.84. The average Bonchev–Trinajstić information content (AvgIpc) is 2.81. The summed E-state index contributed by atoms with van der Waals surface area (Å²) in [6.45, 7) is 0. The van der Waals surface area contributed by atoms with Crippen LogP contribution in [0.15, 0.2) is 18.2 Å². The lowest BCUT2D eigenvalue weighted by Gasteiger charge is -2.08. The van der Waals surface area contributed by atoms with Crippen LogP contribution < -0.4 is 4.74 Å². The Hall–Kier alpha value is -3.01. The van der Waals surface area contributed by atoms with E-state index in [1.807, 2.05) is 6.07 Å². The first kappa shape index (κ1) is 13.4. The molecule has 2 N–H and O–H groups in total. The predicted molar refractivity (Wildman–Crippen MR) is 68.5 cm³/mol. The lowest BCUT2D eigenvalue weighted by molar-refractivity contribution is 0.0689. The first-order valence-corrected chi connectivity index (χ1v) is 5.56. The summed E-state index contributed by atoms with van der Waals surface area (Å²) in [6.07, 6.45) is 0. The molecule has 0 aliphatic heterocycles. The number of aromatic hydroxyl groups is 1. The number of hydrogen-bond donors (Lipinski definition) is 2. The van der Waals surface area contributed by atoms with E-state index in [0.717, 1.165) is 0 Å². The van der Waals surface area contributed by atoms with Crippen LogP contribution in [0.25, 0.3) is 11.3 Å². The van der Waals surface area contributed by atoms with Crippen LogP contribution in [0.2, 0.25) is 0 Å². The predicted octanol–water partition coefficient (Wildman–Crippen LogP) is 1.37. The molecule has 1 aromatic carbocycles. The van der Waals surface area contributed by atoms with Crippen LogP contribution in [-0.4, -0.2) is 33.1 Å². The first-order valence-electron chi connectivity index (χ1n) is 5.56. The number of aryl methyl sites for hydroxylation is 1. The van der Waals surface area contributed by atoms with E-state index >= 15 is 0 Å². The van der Waals surface area contributed by atoms with E-state index in [9.17, 15) is 9.90 Å². The van der Waals surface area contributed by atoms with E-state index in [1.165, 1.54) is 30.0 Å². The average molecular weight is 273 g/mol. The van der Waals surface area contributed by atoms with Gasteiger partial charge in [0.25, 0.3) is 0 Å². The molecular formula is C13H11N3O4. The third-order valence-corrected chi connectivity index (χ3v) is 2.81. The van der Waals surface area contributed by atoms with Crippen molar-refractivity contribution in [2.75, 3.05) is 7.11 Å². The summed E-state index contributed by atoms with van der Waals surface area (Å²) >= 11 is 0. The number of nitriles is 1. The van der Waals surface area contributed by atoms with Crippen molar-refractivity contribution in [1.29, 1.82) is 5.26 Å². The summed E-state index contributed by atoms with van der Waals surface area (Å²) in [6, 6.07) is 6.20. The summed E-state index contributed by atoms with van der Waals surface area (Å²) in [5.41, 5.74) is 0.960. The normalized spacial score (nSPS) is 10.1. The minimum Gasteiger partial charge on any atom is -0.503 e. The maximum atomic E-state index is 10.9. The molecule has 0 aliphatic carbocycles. The molecule has 0 fully saturated rings. The third kappa shape index (κ3) is 2.14. The Kier molecular flexibility index (Phi) is 3.31. The van der Waals surface area contributed by atoms with Crippen molar-refractivity contribution < 1.29 is 19.7 Å². The largest absolute Gasteiger partial charge is 0.503 e. The topological polar surface area (TPSA) is 108 Å². The molecule has 20 heavy (non-hydrogen) atoms. The van der Waals surface area contributed by atoms with E-state index < -0.39 is 5.97 Å². The van der Waals surface area contributed by atoms with Gasteiger partial charge in [0.15, 0.2) is 17.2 Å². The Labute approximate surface area is 114 Å². The highest BCUT2D eigenvalue weighted by molar-refractivity contribution is 5.87. The Morgan fingerprint density at radius 3 is 2.65 bits per heavy atom. The van der Waals surface area contributed by atoms with Gasteiger partial charge in [-0.1, -0.05) is 0 Å². The van der Waals surface area contributed by atoms with Gasteiger partial charge in [0.05, 0.1) is 18.4 Å². The van der Waals surface area contributed by atoms with Gasteiger partial charge < -0.3 is 14.9 Å². The van der Waals surface area contributed by atoms with Gasteiger partial charge in [0, 0.05) is 12.6 Å². The Morgan fingerprint density at radius 1 is 1.45 bits per heavy atom. The summed E-state index contributed by atoms with van der Waals surface area (Å²) in [5.74, 6) is -1.25. The number of nitrogens with zero attached hydrogens (tertiary/aromatic N) is 3. The monoisotopic (exact) mass is 273 g/mol. The lowest BCUT2D eigenvalue weighted by atomic mass is 10.1. The highest BCUT2D eigenvalue weighted by Crippen LogP contribution is 2.35. The zero-order chi connectivity index (χ0) is 14.9. The highest BCUT2D eigenvalue weighted by Gasteiger charge is 2.16. The molecule has 1 aromatic heterocycles.